The van der Waals surface area contributed by atoms with Gasteiger partial charge >= 0.3 is 5.97 Å². The number of benzene rings is 2. The number of alkyl halides is 1. The molecule has 0 fully saturated rings. The van der Waals surface area contributed by atoms with Crippen LogP contribution in [-0.2, 0) is 14.3 Å². The van der Waals surface area contributed by atoms with E-state index in [4.69, 9.17) is 16.2 Å². The Balaban J connectivity index is 1.84. The van der Waals surface area contributed by atoms with E-state index in [1.807, 2.05) is 36.4 Å². The Kier molecular flexibility index (Phi) is 4.92. The van der Waals surface area contributed by atoms with Gasteiger partial charge < -0.3 is 16.2 Å². The van der Waals surface area contributed by atoms with E-state index in [0.29, 0.717) is 5.33 Å². The Labute approximate surface area is 154 Å². The number of amides is 1. The third kappa shape index (κ3) is 3.07. The molecule has 130 valence electrons. The summed E-state index contributed by atoms with van der Waals surface area (Å²) in [7, 11) is 0. The zero-order chi connectivity index (χ0) is 18.0. The number of nitrogens with two attached hydrogens (primary N) is 2. The van der Waals surface area contributed by atoms with Crippen molar-refractivity contribution in [2.45, 2.75) is 17.9 Å². The van der Waals surface area contributed by atoms with Crippen LogP contribution in [0.15, 0.2) is 48.5 Å². The zero-order valence-electron chi connectivity index (χ0n) is 13.6. The fraction of sp³-hybridized carbons (Fsp3) is 0.263. The van der Waals surface area contributed by atoms with Gasteiger partial charge in [-0.05, 0) is 28.7 Å². The molecule has 0 saturated heterocycles. The maximum atomic E-state index is 12.4. The summed E-state index contributed by atoms with van der Waals surface area (Å²) in [4.78, 5) is 24.0. The number of hydrogen-bond donors (Lipinski definition) is 2. The van der Waals surface area contributed by atoms with Gasteiger partial charge in [0.05, 0.1) is 0 Å². The van der Waals surface area contributed by atoms with Gasteiger partial charge in [-0.2, -0.15) is 0 Å². The van der Waals surface area contributed by atoms with Crippen LogP contribution in [0.4, 0.5) is 0 Å². The molecular formula is C19H19BrN2O3. The van der Waals surface area contributed by atoms with Crippen LogP contribution in [0.2, 0.25) is 0 Å². The summed E-state index contributed by atoms with van der Waals surface area (Å²) >= 11 is 3.19. The lowest BCUT2D eigenvalue weighted by Gasteiger charge is -2.24. The van der Waals surface area contributed by atoms with Gasteiger partial charge in [-0.3, -0.25) is 4.79 Å². The molecule has 1 aliphatic rings. The van der Waals surface area contributed by atoms with Gasteiger partial charge in [0.1, 0.15) is 6.61 Å². The molecule has 1 atom stereocenters. The fourth-order valence-electron chi connectivity index (χ4n) is 3.20. The second kappa shape index (κ2) is 6.98. The summed E-state index contributed by atoms with van der Waals surface area (Å²) in [6, 6.07) is 16.0. The third-order valence-corrected chi connectivity index (χ3v) is 5.03. The van der Waals surface area contributed by atoms with E-state index in [2.05, 4.69) is 28.1 Å². The summed E-state index contributed by atoms with van der Waals surface area (Å²) in [5.74, 6) is -1.76. The molecule has 25 heavy (non-hydrogen) atoms. The van der Waals surface area contributed by atoms with Gasteiger partial charge in [-0.15, -0.1) is 0 Å². The van der Waals surface area contributed by atoms with Crippen molar-refractivity contribution in [3.8, 4) is 11.1 Å². The maximum Gasteiger partial charge on any atom is 0.336 e. The number of esters is 1. The monoisotopic (exact) mass is 402 g/mol. The van der Waals surface area contributed by atoms with Crippen molar-refractivity contribution in [3.05, 3.63) is 59.7 Å². The first-order valence-corrected chi connectivity index (χ1v) is 9.11. The Hall–Kier alpha value is -2.18. The minimum atomic E-state index is -1.82. The van der Waals surface area contributed by atoms with Crippen LogP contribution >= 0.6 is 15.9 Å². The van der Waals surface area contributed by atoms with Gasteiger partial charge in [0, 0.05) is 11.2 Å². The SMILES string of the molecule is NC(=O)C(N)(CCBr)C(=O)OCC1c2ccccc2-c2ccccc21. The second-order valence-electron chi connectivity index (χ2n) is 6.10. The number of carbonyl (C=O) groups excluding carboxylic acids is 2. The number of fused-ring (bicyclic) bond motifs is 3. The number of primary amides is 1. The molecule has 4 N–H and O–H groups in total. The van der Waals surface area contributed by atoms with Crippen LogP contribution in [0.1, 0.15) is 23.5 Å². The standard InChI is InChI=1S/C19H19BrN2O3/c20-10-9-19(22,17(21)23)18(24)25-11-16-14-7-3-1-5-12(14)13-6-2-4-8-15(13)16/h1-8,16H,9-11,22H2,(H2,21,23). The van der Waals surface area contributed by atoms with Crippen LogP contribution in [0, 0.1) is 0 Å². The smallest absolute Gasteiger partial charge is 0.336 e. The molecule has 2 aromatic rings. The normalized spacial score (nSPS) is 15.1. The quantitative estimate of drug-likeness (QED) is 0.440. The molecule has 1 aliphatic carbocycles. The number of halogens is 1. The van der Waals surface area contributed by atoms with Crippen molar-refractivity contribution < 1.29 is 14.3 Å². The molecule has 0 saturated carbocycles. The predicted octanol–water partition coefficient (Wildman–Crippen LogP) is 2.31. The average molecular weight is 403 g/mol. The van der Waals surface area contributed by atoms with Crippen molar-refractivity contribution in [1.29, 1.82) is 0 Å². The molecule has 5 nitrogen and oxygen atoms in total. The molecule has 0 heterocycles. The molecule has 3 rings (SSSR count). The van der Waals surface area contributed by atoms with E-state index in [-0.39, 0.29) is 18.9 Å². The van der Waals surface area contributed by atoms with Crippen molar-refractivity contribution in [2.24, 2.45) is 11.5 Å². The first-order valence-electron chi connectivity index (χ1n) is 7.99. The molecule has 0 aromatic heterocycles. The van der Waals surface area contributed by atoms with Crippen molar-refractivity contribution >= 4 is 27.8 Å². The molecule has 1 unspecified atom stereocenters. The van der Waals surface area contributed by atoms with E-state index in [1.54, 1.807) is 0 Å². The lowest BCUT2D eigenvalue weighted by atomic mass is 9.96. The summed E-state index contributed by atoms with van der Waals surface area (Å²) in [6.45, 7) is 0.112. The highest BCUT2D eigenvalue weighted by atomic mass is 79.9. The molecule has 2 aromatic carbocycles. The highest BCUT2D eigenvalue weighted by Gasteiger charge is 2.42. The minimum Gasteiger partial charge on any atom is -0.463 e. The van der Waals surface area contributed by atoms with Crippen LogP contribution in [-0.4, -0.2) is 29.4 Å². The van der Waals surface area contributed by atoms with E-state index >= 15 is 0 Å². The lowest BCUT2D eigenvalue weighted by molar-refractivity contribution is -0.154. The Morgan fingerprint density at radius 1 is 1.04 bits per heavy atom. The van der Waals surface area contributed by atoms with Crippen LogP contribution in [0.3, 0.4) is 0 Å². The Bertz CT molecular complexity index is 778. The van der Waals surface area contributed by atoms with Crippen LogP contribution in [0.25, 0.3) is 11.1 Å². The molecule has 0 bridgehead atoms. The number of carbonyl (C=O) groups is 2. The fourth-order valence-corrected chi connectivity index (χ4v) is 3.83. The molecule has 0 aliphatic heterocycles. The van der Waals surface area contributed by atoms with Gasteiger partial charge in [0.15, 0.2) is 5.54 Å². The number of hydrogen-bond acceptors (Lipinski definition) is 4. The van der Waals surface area contributed by atoms with Gasteiger partial charge in [0.2, 0.25) is 5.91 Å². The number of rotatable bonds is 6. The molecule has 0 spiro atoms. The second-order valence-corrected chi connectivity index (χ2v) is 6.89. The Morgan fingerprint density at radius 2 is 1.56 bits per heavy atom. The van der Waals surface area contributed by atoms with Gasteiger partial charge in [-0.1, -0.05) is 64.5 Å². The van der Waals surface area contributed by atoms with E-state index < -0.39 is 17.4 Å². The van der Waals surface area contributed by atoms with Crippen LogP contribution < -0.4 is 11.5 Å². The molecular weight excluding hydrogens is 384 g/mol. The zero-order valence-corrected chi connectivity index (χ0v) is 15.2. The van der Waals surface area contributed by atoms with E-state index in [0.717, 1.165) is 22.3 Å². The summed E-state index contributed by atoms with van der Waals surface area (Å²) in [5, 5.41) is 0.372. The van der Waals surface area contributed by atoms with Gasteiger partial charge in [-0.25, -0.2) is 4.79 Å². The summed E-state index contributed by atoms with van der Waals surface area (Å²) < 4.78 is 5.43. The first kappa shape index (κ1) is 17.6. The highest BCUT2D eigenvalue weighted by Crippen LogP contribution is 2.44. The highest BCUT2D eigenvalue weighted by molar-refractivity contribution is 9.09. The van der Waals surface area contributed by atoms with Crippen molar-refractivity contribution in [3.63, 3.8) is 0 Å². The topological polar surface area (TPSA) is 95.4 Å². The van der Waals surface area contributed by atoms with Crippen molar-refractivity contribution in [2.75, 3.05) is 11.9 Å². The predicted molar refractivity (Wildman–Crippen MR) is 99.2 cm³/mol. The summed E-state index contributed by atoms with van der Waals surface area (Å²) in [6.07, 6.45) is 0.0823. The first-order chi connectivity index (χ1) is 12.0. The van der Waals surface area contributed by atoms with Gasteiger partial charge in [0.25, 0.3) is 0 Å². The minimum absolute atomic E-state index is 0.0823. The molecule has 6 heteroatoms. The summed E-state index contributed by atoms with van der Waals surface area (Å²) in [5.41, 5.74) is 13.8. The third-order valence-electron chi connectivity index (χ3n) is 4.64. The largest absolute Gasteiger partial charge is 0.463 e. The Morgan fingerprint density at radius 3 is 2.04 bits per heavy atom. The van der Waals surface area contributed by atoms with E-state index in [9.17, 15) is 9.59 Å². The van der Waals surface area contributed by atoms with Crippen molar-refractivity contribution in [1.82, 2.24) is 0 Å². The molecule has 0 radical (unpaired) electrons. The molecule has 1 amide bonds. The van der Waals surface area contributed by atoms with Crippen LogP contribution in [0.5, 0.6) is 0 Å². The lowest BCUT2D eigenvalue weighted by Crippen LogP contribution is -2.59. The number of ether oxygens (including phenoxy) is 1. The van der Waals surface area contributed by atoms with E-state index in [1.165, 1.54) is 0 Å². The average Bonchev–Trinajstić information content (AvgIpc) is 2.93. The maximum absolute atomic E-state index is 12.4.